The molecule has 146 valence electrons. The molecule has 3 rings (SSSR count). The molecule has 0 aromatic heterocycles. The fraction of sp³-hybridized carbons (Fsp3) is 0.360. The monoisotopic (exact) mass is 375 g/mol. The molecule has 0 N–H and O–H groups in total. The molecule has 2 aromatic carbocycles. The van der Waals surface area contributed by atoms with Gasteiger partial charge in [0, 0.05) is 12.1 Å². The molecule has 0 aliphatic carbocycles. The van der Waals surface area contributed by atoms with Gasteiger partial charge in [-0.25, -0.2) is 0 Å². The molecule has 2 aromatic rings. The number of likely N-dealkylation sites (tertiary alicyclic amines) is 1. The molecule has 1 aliphatic heterocycles. The zero-order valence-corrected chi connectivity index (χ0v) is 17.2. The van der Waals surface area contributed by atoms with Gasteiger partial charge in [-0.2, -0.15) is 0 Å². The Morgan fingerprint density at radius 1 is 1.11 bits per heavy atom. The number of nitrogens with zero attached hydrogens (tertiary/aromatic N) is 1. The van der Waals surface area contributed by atoms with E-state index in [2.05, 4.69) is 0 Å². The molecule has 28 heavy (non-hydrogen) atoms. The zero-order chi connectivity index (χ0) is 20.3. The van der Waals surface area contributed by atoms with Crippen LogP contribution in [0, 0.1) is 13.8 Å². The lowest BCUT2D eigenvalue weighted by atomic mass is 9.96. The normalized spacial score (nSPS) is 18.2. The molecule has 0 saturated carbocycles. The largest absolute Gasteiger partial charge is 0.335 e. The Labute approximate surface area is 168 Å². The van der Waals surface area contributed by atoms with E-state index < -0.39 is 0 Å². The third-order valence-electron chi connectivity index (χ3n) is 5.75. The van der Waals surface area contributed by atoms with Crippen LogP contribution < -0.4 is 0 Å². The Bertz CT molecular complexity index is 898. The van der Waals surface area contributed by atoms with Crippen LogP contribution in [-0.4, -0.2) is 29.2 Å². The number of hydrogen-bond donors (Lipinski definition) is 0. The molecular formula is C25H29NO2. The molecule has 0 spiro atoms. The molecule has 3 heteroatoms. The van der Waals surface area contributed by atoms with Crippen molar-refractivity contribution in [1.82, 2.24) is 4.90 Å². The van der Waals surface area contributed by atoms with Crippen molar-refractivity contribution in [3.8, 4) is 0 Å². The maximum absolute atomic E-state index is 13.1. The molecule has 3 nitrogen and oxygen atoms in total. The Hall–Kier alpha value is -2.68. The standard InChI is InChI=1S/C25H29NO2/c1-17-12-13-18(2)22(15-17)24(27)16-19(3)23-11-8-14-26(23)25(28)20(4)21-9-6-5-7-10-21/h5-7,9-10,12-13,15-16,20,23H,8,11,14H2,1-4H3/b19-16+/t20-,23-/m0/s1. The van der Waals surface area contributed by atoms with Crippen LogP contribution in [0.15, 0.2) is 60.2 Å². The summed E-state index contributed by atoms with van der Waals surface area (Å²) in [6.07, 6.45) is 3.61. The lowest BCUT2D eigenvalue weighted by Crippen LogP contribution is -2.38. The molecule has 0 bridgehead atoms. The van der Waals surface area contributed by atoms with Gasteiger partial charge in [0.05, 0.1) is 12.0 Å². The first-order valence-corrected chi connectivity index (χ1v) is 10.0. The Kier molecular flexibility index (Phi) is 6.13. The van der Waals surface area contributed by atoms with Gasteiger partial charge < -0.3 is 4.90 Å². The lowest BCUT2D eigenvalue weighted by Gasteiger charge is -2.28. The highest BCUT2D eigenvalue weighted by Crippen LogP contribution is 2.28. The van der Waals surface area contributed by atoms with Crippen LogP contribution in [0.1, 0.15) is 59.7 Å². The summed E-state index contributed by atoms with van der Waals surface area (Å²) in [5.74, 6) is -0.0148. The number of amides is 1. The van der Waals surface area contributed by atoms with E-state index in [0.29, 0.717) is 0 Å². The number of allylic oxidation sites excluding steroid dienone is 1. The first-order chi connectivity index (χ1) is 13.4. The van der Waals surface area contributed by atoms with Crippen molar-refractivity contribution in [3.63, 3.8) is 0 Å². The lowest BCUT2D eigenvalue weighted by molar-refractivity contribution is -0.132. The van der Waals surface area contributed by atoms with Crippen molar-refractivity contribution in [2.24, 2.45) is 0 Å². The molecule has 0 radical (unpaired) electrons. The van der Waals surface area contributed by atoms with Gasteiger partial charge in [0.25, 0.3) is 0 Å². The second-order valence-corrected chi connectivity index (χ2v) is 7.89. The molecule has 1 heterocycles. The van der Waals surface area contributed by atoms with Crippen LogP contribution in [0.5, 0.6) is 0 Å². The van der Waals surface area contributed by atoms with Crippen LogP contribution in [0.2, 0.25) is 0 Å². The van der Waals surface area contributed by atoms with E-state index in [-0.39, 0.29) is 23.7 Å². The maximum Gasteiger partial charge on any atom is 0.230 e. The van der Waals surface area contributed by atoms with Gasteiger partial charge in [0.2, 0.25) is 5.91 Å². The fourth-order valence-corrected chi connectivity index (χ4v) is 4.02. The maximum atomic E-state index is 13.1. The summed E-state index contributed by atoms with van der Waals surface area (Å²) in [6, 6.07) is 15.8. The summed E-state index contributed by atoms with van der Waals surface area (Å²) in [5.41, 5.74) is 4.81. The van der Waals surface area contributed by atoms with Crippen molar-refractivity contribution in [1.29, 1.82) is 0 Å². The van der Waals surface area contributed by atoms with Crippen molar-refractivity contribution >= 4 is 11.7 Å². The molecular weight excluding hydrogens is 346 g/mol. The third-order valence-corrected chi connectivity index (χ3v) is 5.75. The van der Waals surface area contributed by atoms with Gasteiger partial charge in [0.1, 0.15) is 0 Å². The van der Waals surface area contributed by atoms with Gasteiger partial charge in [-0.05, 0) is 69.4 Å². The number of ketones is 1. The summed E-state index contributed by atoms with van der Waals surface area (Å²) in [7, 11) is 0. The number of rotatable bonds is 5. The Morgan fingerprint density at radius 2 is 1.82 bits per heavy atom. The van der Waals surface area contributed by atoms with E-state index in [4.69, 9.17) is 0 Å². The van der Waals surface area contributed by atoms with E-state index in [1.165, 1.54) is 0 Å². The van der Waals surface area contributed by atoms with Gasteiger partial charge in [-0.1, -0.05) is 48.0 Å². The minimum atomic E-state index is -0.177. The summed E-state index contributed by atoms with van der Waals surface area (Å²) in [6.45, 7) is 8.65. The Balaban J connectivity index is 1.79. The van der Waals surface area contributed by atoms with Gasteiger partial charge in [0.15, 0.2) is 5.78 Å². The van der Waals surface area contributed by atoms with Gasteiger partial charge >= 0.3 is 0 Å². The SMILES string of the molecule is C/C(=C\C(=O)c1cc(C)ccc1C)[C@@H]1CCCN1C(=O)[C@@H](C)c1ccccc1. The number of benzene rings is 2. The first kappa shape index (κ1) is 20.1. The highest BCUT2D eigenvalue weighted by Gasteiger charge is 2.33. The van der Waals surface area contributed by atoms with Crippen molar-refractivity contribution in [2.45, 2.75) is 52.5 Å². The van der Waals surface area contributed by atoms with Crippen LogP contribution in [0.4, 0.5) is 0 Å². The summed E-state index contributed by atoms with van der Waals surface area (Å²) in [4.78, 5) is 27.9. The summed E-state index contributed by atoms with van der Waals surface area (Å²) < 4.78 is 0. The van der Waals surface area contributed by atoms with Crippen LogP contribution >= 0.6 is 0 Å². The second kappa shape index (κ2) is 8.55. The van der Waals surface area contributed by atoms with Crippen LogP contribution in [-0.2, 0) is 4.79 Å². The number of carbonyl (C=O) groups excluding carboxylic acids is 2. The second-order valence-electron chi connectivity index (χ2n) is 7.89. The highest BCUT2D eigenvalue weighted by molar-refractivity contribution is 6.06. The molecule has 1 aliphatic rings. The average Bonchev–Trinajstić information content (AvgIpc) is 3.19. The smallest absolute Gasteiger partial charge is 0.230 e. The van der Waals surface area contributed by atoms with Crippen LogP contribution in [0.25, 0.3) is 0 Å². The van der Waals surface area contributed by atoms with Gasteiger partial charge in [-0.15, -0.1) is 0 Å². The molecule has 2 atom stereocenters. The minimum Gasteiger partial charge on any atom is -0.335 e. The molecule has 1 amide bonds. The Morgan fingerprint density at radius 3 is 2.54 bits per heavy atom. The van der Waals surface area contributed by atoms with Gasteiger partial charge in [-0.3, -0.25) is 9.59 Å². The van der Waals surface area contributed by atoms with Crippen molar-refractivity contribution in [3.05, 3.63) is 82.4 Å². The number of hydrogen-bond acceptors (Lipinski definition) is 2. The fourth-order valence-electron chi connectivity index (χ4n) is 4.02. The zero-order valence-electron chi connectivity index (χ0n) is 17.2. The molecule has 0 unspecified atom stereocenters. The van der Waals surface area contributed by atoms with Crippen molar-refractivity contribution in [2.75, 3.05) is 6.54 Å². The highest BCUT2D eigenvalue weighted by atomic mass is 16.2. The summed E-state index contributed by atoms with van der Waals surface area (Å²) in [5, 5.41) is 0. The third kappa shape index (κ3) is 4.24. The van der Waals surface area contributed by atoms with E-state index in [9.17, 15) is 9.59 Å². The molecule has 1 fully saturated rings. The predicted molar refractivity (Wildman–Crippen MR) is 114 cm³/mol. The molecule has 1 saturated heterocycles. The van der Waals surface area contributed by atoms with E-state index in [1.54, 1.807) is 6.08 Å². The number of aryl methyl sites for hydroxylation is 2. The van der Waals surface area contributed by atoms with Crippen molar-refractivity contribution < 1.29 is 9.59 Å². The van der Waals surface area contributed by atoms with E-state index >= 15 is 0 Å². The summed E-state index contributed by atoms with van der Waals surface area (Å²) >= 11 is 0. The van der Waals surface area contributed by atoms with E-state index in [1.807, 2.05) is 81.1 Å². The van der Waals surface area contributed by atoms with E-state index in [0.717, 1.165) is 47.2 Å². The predicted octanol–water partition coefficient (Wildman–Crippen LogP) is 5.23. The topological polar surface area (TPSA) is 37.4 Å². The quantitative estimate of drug-likeness (QED) is 0.530. The average molecular weight is 376 g/mol. The first-order valence-electron chi connectivity index (χ1n) is 10.0. The van der Waals surface area contributed by atoms with Crippen LogP contribution in [0.3, 0.4) is 0 Å². The number of carbonyl (C=O) groups is 2. The minimum absolute atomic E-state index is 0.00716.